The molecule has 0 radical (unpaired) electrons. The van der Waals surface area contributed by atoms with Gasteiger partial charge in [-0.1, -0.05) is 24.3 Å². The van der Waals surface area contributed by atoms with Crippen molar-refractivity contribution in [1.82, 2.24) is 0 Å². The van der Waals surface area contributed by atoms with Crippen LogP contribution in [0.2, 0.25) is 0 Å². The lowest BCUT2D eigenvalue weighted by Crippen LogP contribution is -2.00. The summed E-state index contributed by atoms with van der Waals surface area (Å²) in [4.78, 5) is 8.36. The number of hydrogen-bond acceptors (Lipinski definition) is 4. The number of aliphatic hydroxyl groups excluding tert-OH is 1. The van der Waals surface area contributed by atoms with Gasteiger partial charge >= 0.3 is 0 Å². The van der Waals surface area contributed by atoms with Gasteiger partial charge in [-0.2, -0.15) is 0 Å². The number of methoxy groups -OCH3 is 1. The molecule has 0 aliphatic carbocycles. The Kier molecular flexibility index (Phi) is 6.94. The second-order valence-electron chi connectivity index (χ2n) is 4.19. The minimum Gasteiger partial charge on any atom is -0.497 e. The molecule has 0 unspecified atom stereocenters. The Morgan fingerprint density at radius 3 is 2.52 bits per heavy atom. The number of carbonyl (C=O) groups is 1. The summed E-state index contributed by atoms with van der Waals surface area (Å²) in [6, 6.07) is 13.7. The van der Waals surface area contributed by atoms with Crippen LogP contribution in [0.3, 0.4) is 0 Å². The Morgan fingerprint density at radius 2 is 1.95 bits per heavy atom. The average molecular weight is 289 g/mol. The number of aliphatic hydroxyl groups is 1. The Balaban J connectivity index is 0.000000677. The number of nitrogens with two attached hydrogens (primary N) is 1. The van der Waals surface area contributed by atoms with Crippen molar-refractivity contribution in [3.63, 3.8) is 0 Å². The molecule has 0 amide bonds. The van der Waals surface area contributed by atoms with E-state index in [4.69, 9.17) is 20.4 Å². The molecule has 0 atom stereocenters. The molecule has 0 bridgehead atoms. The molecule has 0 fully saturated rings. The van der Waals surface area contributed by atoms with E-state index < -0.39 is 0 Å². The fourth-order valence-corrected chi connectivity index (χ4v) is 1.98. The maximum atomic E-state index is 9.17. The highest BCUT2D eigenvalue weighted by molar-refractivity contribution is 5.69. The van der Waals surface area contributed by atoms with Crippen LogP contribution in [-0.4, -0.2) is 23.8 Å². The van der Waals surface area contributed by atoms with Crippen LogP contribution in [0, 0.1) is 0 Å². The van der Waals surface area contributed by atoms with Crippen LogP contribution in [0.5, 0.6) is 5.75 Å². The normalized spacial score (nSPS) is 9.48. The first-order valence-corrected chi connectivity index (χ1v) is 6.35. The van der Waals surface area contributed by atoms with E-state index >= 15 is 0 Å². The van der Waals surface area contributed by atoms with Gasteiger partial charge in [0.2, 0.25) is 0 Å². The molecule has 4 N–H and O–H groups in total. The molecule has 5 nitrogen and oxygen atoms in total. The lowest BCUT2D eigenvalue weighted by atomic mass is 9.98. The first-order valence-electron chi connectivity index (χ1n) is 6.35. The molecule has 0 saturated carbocycles. The van der Waals surface area contributed by atoms with E-state index in [1.165, 1.54) is 0 Å². The topological polar surface area (TPSA) is 92.8 Å². The predicted octanol–water partition coefficient (Wildman–Crippen LogP) is 2.01. The summed E-state index contributed by atoms with van der Waals surface area (Å²) >= 11 is 0. The number of rotatable bonds is 4. The maximum Gasteiger partial charge on any atom is 0.290 e. The zero-order chi connectivity index (χ0) is 15.7. The van der Waals surface area contributed by atoms with Crippen LogP contribution in [0.1, 0.15) is 11.1 Å². The maximum absolute atomic E-state index is 9.17. The summed E-state index contributed by atoms with van der Waals surface area (Å²) < 4.78 is 5.20. The highest BCUT2D eigenvalue weighted by atomic mass is 16.5. The summed E-state index contributed by atoms with van der Waals surface area (Å²) in [6.07, 6.45) is 0. The van der Waals surface area contributed by atoms with Crippen LogP contribution in [0.4, 0.5) is 0 Å². The van der Waals surface area contributed by atoms with Crippen LogP contribution < -0.4 is 10.5 Å². The number of benzene rings is 2. The molecule has 0 aliphatic heterocycles. The van der Waals surface area contributed by atoms with Crippen molar-refractivity contribution in [2.24, 2.45) is 5.73 Å². The molecule has 0 heterocycles. The third-order valence-corrected chi connectivity index (χ3v) is 2.95. The molecule has 5 heteroatoms. The van der Waals surface area contributed by atoms with Crippen molar-refractivity contribution in [3.05, 3.63) is 53.6 Å². The zero-order valence-electron chi connectivity index (χ0n) is 11.8. The van der Waals surface area contributed by atoms with E-state index in [-0.39, 0.29) is 13.1 Å². The SMILES string of the molecule is COc1ccc(-c2cccc(CO)c2)c(CN)c1.O=CO. The number of hydrogen-bond donors (Lipinski definition) is 3. The summed E-state index contributed by atoms with van der Waals surface area (Å²) in [5.41, 5.74) is 9.84. The van der Waals surface area contributed by atoms with Gasteiger partial charge < -0.3 is 20.7 Å². The van der Waals surface area contributed by atoms with Gasteiger partial charge in [-0.3, -0.25) is 4.79 Å². The van der Waals surface area contributed by atoms with E-state index in [1.54, 1.807) is 7.11 Å². The molecule has 0 aromatic heterocycles. The van der Waals surface area contributed by atoms with Gasteiger partial charge in [0, 0.05) is 6.54 Å². The fraction of sp³-hybridized carbons (Fsp3) is 0.188. The lowest BCUT2D eigenvalue weighted by molar-refractivity contribution is -0.122. The molecule has 0 saturated heterocycles. The third kappa shape index (κ3) is 4.59. The van der Waals surface area contributed by atoms with Crippen LogP contribution in [0.25, 0.3) is 11.1 Å². The quantitative estimate of drug-likeness (QED) is 0.749. The van der Waals surface area contributed by atoms with Crippen molar-refractivity contribution in [1.29, 1.82) is 0 Å². The summed E-state index contributed by atoms with van der Waals surface area (Å²) in [7, 11) is 1.64. The zero-order valence-corrected chi connectivity index (χ0v) is 11.8. The van der Waals surface area contributed by atoms with Gasteiger partial charge in [-0.05, 0) is 40.5 Å². The summed E-state index contributed by atoms with van der Waals surface area (Å²) in [6.45, 7) is 0.248. The van der Waals surface area contributed by atoms with Crippen LogP contribution in [0.15, 0.2) is 42.5 Å². The molecule has 112 valence electrons. The third-order valence-electron chi connectivity index (χ3n) is 2.95. The van der Waals surface area contributed by atoms with Crippen molar-refractivity contribution >= 4 is 6.47 Å². The van der Waals surface area contributed by atoms with Crippen molar-refractivity contribution < 1.29 is 19.7 Å². The lowest BCUT2D eigenvalue weighted by Gasteiger charge is -2.11. The largest absolute Gasteiger partial charge is 0.497 e. The molecule has 2 aromatic carbocycles. The van der Waals surface area contributed by atoms with Gasteiger partial charge in [0.05, 0.1) is 13.7 Å². The Labute approximate surface area is 123 Å². The highest BCUT2D eigenvalue weighted by Gasteiger charge is 2.06. The monoisotopic (exact) mass is 289 g/mol. The summed E-state index contributed by atoms with van der Waals surface area (Å²) in [5.74, 6) is 0.803. The van der Waals surface area contributed by atoms with Crippen molar-refractivity contribution in [3.8, 4) is 16.9 Å². The second-order valence-corrected chi connectivity index (χ2v) is 4.19. The molecular formula is C16H19NO4. The molecule has 21 heavy (non-hydrogen) atoms. The van der Waals surface area contributed by atoms with E-state index in [2.05, 4.69) is 0 Å². The van der Waals surface area contributed by atoms with Gasteiger partial charge in [0.25, 0.3) is 6.47 Å². The van der Waals surface area contributed by atoms with Crippen LogP contribution in [-0.2, 0) is 17.9 Å². The Bertz CT molecular complexity index is 584. The van der Waals surface area contributed by atoms with Gasteiger partial charge in [-0.15, -0.1) is 0 Å². The van der Waals surface area contributed by atoms with E-state index in [0.717, 1.165) is 28.0 Å². The van der Waals surface area contributed by atoms with E-state index in [0.29, 0.717) is 6.54 Å². The Hall–Kier alpha value is -2.37. The van der Waals surface area contributed by atoms with E-state index in [1.807, 2.05) is 42.5 Å². The molecule has 0 aliphatic rings. The standard InChI is InChI=1S/C15H17NO2.CH2O2/c1-18-14-5-6-15(13(8-14)9-16)12-4-2-3-11(7-12)10-17;2-1-3/h2-8,17H,9-10,16H2,1H3;1H,(H,2,3). The van der Waals surface area contributed by atoms with E-state index in [9.17, 15) is 5.11 Å². The molecular weight excluding hydrogens is 270 g/mol. The van der Waals surface area contributed by atoms with Gasteiger partial charge in [0.1, 0.15) is 5.75 Å². The molecule has 0 spiro atoms. The minimum absolute atomic E-state index is 0.0436. The summed E-state index contributed by atoms with van der Waals surface area (Å²) in [5, 5.41) is 16.1. The fourth-order valence-electron chi connectivity index (χ4n) is 1.98. The van der Waals surface area contributed by atoms with Crippen molar-refractivity contribution in [2.45, 2.75) is 13.2 Å². The first-order chi connectivity index (χ1) is 10.2. The number of ether oxygens (including phenoxy) is 1. The van der Waals surface area contributed by atoms with Crippen molar-refractivity contribution in [2.75, 3.05) is 7.11 Å². The van der Waals surface area contributed by atoms with Gasteiger partial charge in [0.15, 0.2) is 0 Å². The van der Waals surface area contributed by atoms with Crippen LogP contribution >= 0.6 is 0 Å². The average Bonchev–Trinajstić information content (AvgIpc) is 2.55. The number of carboxylic acid groups (broad SMARTS) is 1. The Morgan fingerprint density at radius 1 is 1.24 bits per heavy atom. The molecule has 2 aromatic rings. The smallest absolute Gasteiger partial charge is 0.290 e. The first kappa shape index (κ1) is 16.7. The predicted molar refractivity (Wildman–Crippen MR) is 80.9 cm³/mol. The minimum atomic E-state index is -0.250. The highest BCUT2D eigenvalue weighted by Crippen LogP contribution is 2.27. The van der Waals surface area contributed by atoms with Gasteiger partial charge in [-0.25, -0.2) is 0 Å². The second kappa shape index (κ2) is 8.73. The molecule has 2 rings (SSSR count).